The molecule has 1 unspecified atom stereocenters. The third-order valence-corrected chi connectivity index (χ3v) is 6.34. The monoisotopic (exact) mass is 392 g/mol. The van der Waals surface area contributed by atoms with Gasteiger partial charge in [-0.2, -0.15) is 0 Å². The zero-order valence-corrected chi connectivity index (χ0v) is 16.0. The van der Waals surface area contributed by atoms with Gasteiger partial charge in [0.2, 0.25) is 5.91 Å². The molecule has 3 rings (SSSR count). The fourth-order valence-electron chi connectivity index (χ4n) is 2.52. The van der Waals surface area contributed by atoms with E-state index in [1.54, 1.807) is 30.2 Å². The van der Waals surface area contributed by atoms with Crippen molar-refractivity contribution in [2.45, 2.75) is 18.7 Å². The molecule has 136 valence electrons. The highest BCUT2D eigenvalue weighted by Crippen LogP contribution is 2.26. The molecule has 0 radical (unpaired) electrons. The number of hydrogen-bond acceptors (Lipinski definition) is 4. The van der Waals surface area contributed by atoms with Gasteiger partial charge in [0.05, 0.1) is 22.0 Å². The van der Waals surface area contributed by atoms with Crippen LogP contribution < -0.4 is 0 Å². The fraction of sp³-hybridized carbons (Fsp3) is 0.263. The summed E-state index contributed by atoms with van der Waals surface area (Å²) >= 11 is 3.13. The number of aromatic nitrogens is 1. The van der Waals surface area contributed by atoms with Gasteiger partial charge < -0.3 is 4.90 Å². The summed E-state index contributed by atoms with van der Waals surface area (Å²) < 4.78 is 27.6. The third-order valence-electron chi connectivity index (χ3n) is 4.19. The Morgan fingerprint density at radius 3 is 2.73 bits per heavy atom. The van der Waals surface area contributed by atoms with Gasteiger partial charge in [0.25, 0.3) is 0 Å². The van der Waals surface area contributed by atoms with Crippen molar-refractivity contribution in [1.82, 2.24) is 9.88 Å². The van der Waals surface area contributed by atoms with E-state index in [4.69, 9.17) is 0 Å². The van der Waals surface area contributed by atoms with Gasteiger partial charge in [-0.1, -0.05) is 18.2 Å². The molecule has 0 aliphatic heterocycles. The molecular weight excluding hydrogens is 374 g/mol. The number of benzene rings is 2. The summed E-state index contributed by atoms with van der Waals surface area (Å²) in [7, 11) is 1.67. The van der Waals surface area contributed by atoms with E-state index in [1.807, 2.05) is 24.3 Å². The van der Waals surface area contributed by atoms with Crippen LogP contribution in [0.1, 0.15) is 23.5 Å². The van der Waals surface area contributed by atoms with Crippen LogP contribution in [-0.4, -0.2) is 28.6 Å². The van der Waals surface area contributed by atoms with Gasteiger partial charge >= 0.3 is 0 Å². The second kappa shape index (κ2) is 8.14. The number of hydrogen-bond donors (Lipinski definition) is 0. The number of para-hydroxylation sites is 1. The van der Waals surface area contributed by atoms with Crippen molar-refractivity contribution < 1.29 is 13.6 Å². The molecule has 1 atom stereocenters. The number of halogens is 2. The lowest BCUT2D eigenvalue weighted by atomic mass is 10.1. The lowest BCUT2D eigenvalue weighted by Gasteiger charge is -2.25. The van der Waals surface area contributed by atoms with Gasteiger partial charge in [-0.15, -0.1) is 23.1 Å². The Hall–Kier alpha value is -1.99. The van der Waals surface area contributed by atoms with Gasteiger partial charge in [-0.05, 0) is 36.8 Å². The molecule has 0 aliphatic rings. The Balaban J connectivity index is 1.55. The molecule has 2 aromatic carbocycles. The average molecular weight is 392 g/mol. The van der Waals surface area contributed by atoms with Gasteiger partial charge in [0.1, 0.15) is 5.01 Å². The number of amides is 1. The third kappa shape index (κ3) is 4.22. The van der Waals surface area contributed by atoms with Crippen LogP contribution >= 0.6 is 23.1 Å². The average Bonchev–Trinajstić information content (AvgIpc) is 3.05. The first-order chi connectivity index (χ1) is 12.5. The second-order valence-electron chi connectivity index (χ2n) is 5.92. The van der Waals surface area contributed by atoms with E-state index in [0.717, 1.165) is 27.4 Å². The maximum absolute atomic E-state index is 13.4. The van der Waals surface area contributed by atoms with Gasteiger partial charge in [0.15, 0.2) is 11.6 Å². The largest absolute Gasteiger partial charge is 0.338 e. The number of rotatable bonds is 6. The predicted octanol–water partition coefficient (Wildman–Crippen LogP) is 5.03. The highest BCUT2D eigenvalue weighted by Gasteiger charge is 2.19. The smallest absolute Gasteiger partial charge is 0.232 e. The van der Waals surface area contributed by atoms with E-state index in [1.165, 1.54) is 17.8 Å². The van der Waals surface area contributed by atoms with Crippen molar-refractivity contribution >= 4 is 39.2 Å². The number of fused-ring (bicyclic) bond motifs is 1. The molecule has 0 saturated heterocycles. The summed E-state index contributed by atoms with van der Waals surface area (Å²) in [5, 5.41) is 0.986. The summed E-state index contributed by atoms with van der Waals surface area (Å²) in [6, 6.07) is 11.3. The molecule has 7 heteroatoms. The molecule has 26 heavy (non-hydrogen) atoms. The first kappa shape index (κ1) is 18.8. The minimum absolute atomic E-state index is 0.0617. The van der Waals surface area contributed by atoms with Crippen molar-refractivity contribution in [2.75, 3.05) is 12.8 Å². The molecule has 1 aromatic heterocycles. The van der Waals surface area contributed by atoms with Crippen LogP contribution in [0.4, 0.5) is 8.78 Å². The highest BCUT2D eigenvalue weighted by molar-refractivity contribution is 7.99. The van der Waals surface area contributed by atoms with Crippen molar-refractivity contribution in [3.63, 3.8) is 0 Å². The molecule has 0 fully saturated rings. The second-order valence-corrected chi connectivity index (χ2v) is 8.02. The molecule has 1 heterocycles. The summed E-state index contributed by atoms with van der Waals surface area (Å²) in [6.07, 6.45) is 0. The molecule has 0 saturated carbocycles. The van der Waals surface area contributed by atoms with E-state index < -0.39 is 11.6 Å². The van der Waals surface area contributed by atoms with Crippen LogP contribution in [-0.2, 0) is 10.5 Å². The molecule has 3 nitrogen and oxygen atoms in total. The summed E-state index contributed by atoms with van der Waals surface area (Å²) in [5.74, 6) is -0.881. The quantitative estimate of drug-likeness (QED) is 0.590. The molecule has 0 N–H and O–H groups in total. The SMILES string of the molecule is CC(c1ccc(F)c(F)c1)N(C)C(=O)CSCc1nc2ccccc2s1. The Morgan fingerprint density at radius 1 is 1.23 bits per heavy atom. The predicted molar refractivity (Wildman–Crippen MR) is 103 cm³/mol. The number of carbonyl (C=O) groups excluding carboxylic acids is 1. The molecular formula is C19H18F2N2OS2. The maximum atomic E-state index is 13.4. The van der Waals surface area contributed by atoms with E-state index in [-0.39, 0.29) is 11.9 Å². The lowest BCUT2D eigenvalue weighted by molar-refractivity contribution is -0.128. The van der Waals surface area contributed by atoms with Crippen LogP contribution in [0.25, 0.3) is 10.2 Å². The van der Waals surface area contributed by atoms with E-state index >= 15 is 0 Å². The Morgan fingerprint density at radius 2 is 2.00 bits per heavy atom. The number of thiazole rings is 1. The lowest BCUT2D eigenvalue weighted by Crippen LogP contribution is -2.31. The topological polar surface area (TPSA) is 33.2 Å². The Kier molecular flexibility index (Phi) is 5.88. The minimum Gasteiger partial charge on any atom is -0.338 e. The normalized spacial score (nSPS) is 12.3. The number of nitrogens with zero attached hydrogens (tertiary/aromatic N) is 2. The Bertz CT molecular complexity index is 896. The van der Waals surface area contributed by atoms with E-state index in [9.17, 15) is 13.6 Å². The number of thioether (sulfide) groups is 1. The molecule has 0 aliphatic carbocycles. The molecule has 3 aromatic rings. The van der Waals surface area contributed by atoms with Crippen molar-refractivity contribution in [2.24, 2.45) is 0 Å². The van der Waals surface area contributed by atoms with E-state index in [2.05, 4.69) is 4.98 Å². The molecule has 0 bridgehead atoms. The van der Waals surface area contributed by atoms with Gasteiger partial charge in [-0.25, -0.2) is 13.8 Å². The maximum Gasteiger partial charge on any atom is 0.232 e. The van der Waals surface area contributed by atoms with Crippen LogP contribution in [0, 0.1) is 11.6 Å². The minimum atomic E-state index is -0.902. The van der Waals surface area contributed by atoms with Crippen LogP contribution in [0.15, 0.2) is 42.5 Å². The summed E-state index contributed by atoms with van der Waals surface area (Å²) in [5.41, 5.74) is 1.54. The van der Waals surface area contributed by atoms with Crippen molar-refractivity contribution in [3.05, 3.63) is 64.7 Å². The van der Waals surface area contributed by atoms with Gasteiger partial charge in [-0.3, -0.25) is 4.79 Å². The molecule has 0 spiro atoms. The van der Waals surface area contributed by atoms with Crippen molar-refractivity contribution in [1.29, 1.82) is 0 Å². The molecule has 1 amide bonds. The van der Waals surface area contributed by atoms with E-state index in [0.29, 0.717) is 17.1 Å². The standard InChI is InChI=1S/C19H18F2N2OS2/c1-12(13-7-8-14(20)15(21)9-13)23(2)19(24)11-25-10-18-22-16-5-3-4-6-17(16)26-18/h3-9,12H,10-11H2,1-2H3. The summed E-state index contributed by atoms with van der Waals surface area (Å²) in [6.45, 7) is 1.79. The first-order valence-corrected chi connectivity index (χ1v) is 10.1. The summed E-state index contributed by atoms with van der Waals surface area (Å²) in [4.78, 5) is 18.5. The van der Waals surface area contributed by atoms with Gasteiger partial charge in [0, 0.05) is 12.8 Å². The zero-order valence-electron chi connectivity index (χ0n) is 14.4. The number of carbonyl (C=O) groups is 1. The highest BCUT2D eigenvalue weighted by atomic mass is 32.2. The zero-order chi connectivity index (χ0) is 18.7. The first-order valence-electron chi connectivity index (χ1n) is 8.08. The Labute approximate surface area is 159 Å². The van der Waals surface area contributed by atoms with Crippen LogP contribution in [0.5, 0.6) is 0 Å². The van der Waals surface area contributed by atoms with Crippen molar-refractivity contribution in [3.8, 4) is 0 Å². The van der Waals surface area contributed by atoms with Crippen LogP contribution in [0.3, 0.4) is 0 Å². The fourth-order valence-corrected chi connectivity index (χ4v) is 4.49. The van der Waals surface area contributed by atoms with Crippen LogP contribution in [0.2, 0.25) is 0 Å².